The number of aromatic nitrogens is 2. The molecule has 170 valence electrons. The van der Waals surface area contributed by atoms with Gasteiger partial charge >= 0.3 is 0 Å². The van der Waals surface area contributed by atoms with Crippen LogP contribution >= 0.6 is 11.3 Å². The molecule has 5 rings (SSSR count). The average Bonchev–Trinajstić information content (AvgIpc) is 3.14. The minimum absolute atomic E-state index is 0.170. The number of anilines is 1. The molecule has 3 heterocycles. The molecule has 0 bridgehead atoms. The van der Waals surface area contributed by atoms with Crippen molar-refractivity contribution in [3.8, 4) is 0 Å². The SMILES string of the molecule is Nc1nc(CN2CCN(S(=O)(=O)c3cc(F)ccc3F)CC2)nc2sc3c(c12)CCCC3. The van der Waals surface area contributed by atoms with Crippen LogP contribution < -0.4 is 5.73 Å². The van der Waals surface area contributed by atoms with Gasteiger partial charge in [0.2, 0.25) is 10.0 Å². The Hall–Kier alpha value is -2.21. The second-order valence-corrected chi connectivity index (χ2v) is 11.2. The van der Waals surface area contributed by atoms with E-state index < -0.39 is 26.6 Å². The van der Waals surface area contributed by atoms with Crippen molar-refractivity contribution in [2.75, 3.05) is 31.9 Å². The summed E-state index contributed by atoms with van der Waals surface area (Å²) in [6, 6.07) is 2.46. The van der Waals surface area contributed by atoms with Gasteiger partial charge in [-0.15, -0.1) is 11.3 Å². The Balaban J connectivity index is 1.30. The lowest BCUT2D eigenvalue weighted by molar-refractivity contribution is 0.178. The van der Waals surface area contributed by atoms with E-state index in [4.69, 9.17) is 10.7 Å². The lowest BCUT2D eigenvalue weighted by Crippen LogP contribution is -2.48. The van der Waals surface area contributed by atoms with E-state index >= 15 is 0 Å². The molecule has 0 spiro atoms. The van der Waals surface area contributed by atoms with E-state index in [9.17, 15) is 17.2 Å². The summed E-state index contributed by atoms with van der Waals surface area (Å²) in [5.41, 5.74) is 7.58. The number of fused-ring (bicyclic) bond motifs is 3. The lowest BCUT2D eigenvalue weighted by atomic mass is 9.97. The molecule has 1 aromatic carbocycles. The Morgan fingerprint density at radius 3 is 2.59 bits per heavy atom. The highest BCUT2D eigenvalue weighted by Gasteiger charge is 2.31. The number of sulfonamides is 1. The molecule has 3 aromatic rings. The van der Waals surface area contributed by atoms with Gasteiger partial charge in [0.1, 0.15) is 33.0 Å². The van der Waals surface area contributed by atoms with Gasteiger partial charge in [0.15, 0.2) is 0 Å². The fraction of sp³-hybridized carbons (Fsp3) is 0.429. The standard InChI is InChI=1S/C21H23F2N5O2S2/c22-13-5-6-15(23)17(11-13)32(29,30)28-9-7-27(8-10-28)12-18-25-20(24)19-14-3-1-2-4-16(14)31-21(19)26-18/h5-6,11H,1-4,7-10,12H2,(H2,24,25,26). The van der Waals surface area contributed by atoms with Crippen LogP contribution in [-0.4, -0.2) is 53.8 Å². The fourth-order valence-electron chi connectivity index (χ4n) is 4.44. The summed E-state index contributed by atoms with van der Waals surface area (Å²) in [6.07, 6.45) is 4.43. The van der Waals surface area contributed by atoms with E-state index in [2.05, 4.69) is 4.98 Å². The number of nitrogens with zero attached hydrogens (tertiary/aromatic N) is 4. The van der Waals surface area contributed by atoms with E-state index in [-0.39, 0.29) is 13.1 Å². The molecule has 2 aromatic heterocycles. The van der Waals surface area contributed by atoms with Crippen molar-refractivity contribution >= 4 is 37.4 Å². The highest BCUT2D eigenvalue weighted by Crippen LogP contribution is 2.37. The number of nitrogens with two attached hydrogens (primary N) is 1. The van der Waals surface area contributed by atoms with Gasteiger partial charge < -0.3 is 5.73 Å². The molecule has 2 aliphatic rings. The number of hydrogen-bond acceptors (Lipinski definition) is 7. The molecule has 7 nitrogen and oxygen atoms in total. The first kappa shape index (κ1) is 21.6. The van der Waals surface area contributed by atoms with Crippen LogP contribution in [0.1, 0.15) is 29.1 Å². The largest absolute Gasteiger partial charge is 0.383 e. The lowest BCUT2D eigenvalue weighted by Gasteiger charge is -2.33. The van der Waals surface area contributed by atoms with E-state index in [1.54, 1.807) is 11.3 Å². The van der Waals surface area contributed by atoms with Gasteiger partial charge in [0.05, 0.1) is 11.9 Å². The van der Waals surface area contributed by atoms with Gasteiger partial charge in [-0.1, -0.05) is 0 Å². The smallest absolute Gasteiger partial charge is 0.246 e. The molecule has 2 N–H and O–H groups in total. The molecular formula is C21H23F2N5O2S2. The first-order valence-corrected chi connectivity index (χ1v) is 12.8. The summed E-state index contributed by atoms with van der Waals surface area (Å²) >= 11 is 1.69. The number of thiophene rings is 1. The van der Waals surface area contributed by atoms with Crippen LogP contribution in [0.3, 0.4) is 0 Å². The molecule has 0 radical (unpaired) electrons. The van der Waals surface area contributed by atoms with Gasteiger partial charge in [0.25, 0.3) is 0 Å². The molecule has 0 atom stereocenters. The van der Waals surface area contributed by atoms with Crippen LogP contribution in [0.4, 0.5) is 14.6 Å². The third-order valence-corrected chi connectivity index (χ3v) is 9.20. The van der Waals surface area contributed by atoms with E-state index in [0.717, 1.165) is 47.7 Å². The minimum atomic E-state index is -4.11. The van der Waals surface area contributed by atoms with E-state index in [1.165, 1.54) is 21.2 Å². The van der Waals surface area contributed by atoms with Gasteiger partial charge in [-0.25, -0.2) is 27.2 Å². The molecule has 0 saturated carbocycles. The van der Waals surface area contributed by atoms with Gasteiger partial charge in [0, 0.05) is 31.1 Å². The van der Waals surface area contributed by atoms with Crippen molar-refractivity contribution in [2.45, 2.75) is 37.1 Å². The second-order valence-electron chi connectivity index (χ2n) is 8.17. The first-order chi connectivity index (χ1) is 15.3. The number of hydrogen-bond donors (Lipinski definition) is 1. The highest BCUT2D eigenvalue weighted by atomic mass is 32.2. The van der Waals surface area contributed by atoms with Gasteiger partial charge in [-0.2, -0.15) is 4.31 Å². The zero-order chi connectivity index (χ0) is 22.5. The maximum Gasteiger partial charge on any atom is 0.246 e. The molecule has 32 heavy (non-hydrogen) atoms. The molecular weight excluding hydrogens is 456 g/mol. The molecule has 1 fully saturated rings. The molecule has 1 aliphatic heterocycles. The Morgan fingerprint density at radius 1 is 1.06 bits per heavy atom. The highest BCUT2D eigenvalue weighted by molar-refractivity contribution is 7.89. The van der Waals surface area contributed by atoms with Crippen LogP contribution in [0.25, 0.3) is 10.2 Å². The predicted molar refractivity (Wildman–Crippen MR) is 119 cm³/mol. The Labute approximate surface area is 188 Å². The third kappa shape index (κ3) is 3.87. The van der Waals surface area contributed by atoms with Gasteiger partial charge in [-0.05, 0) is 49.4 Å². The first-order valence-electron chi connectivity index (χ1n) is 10.6. The third-order valence-electron chi connectivity index (χ3n) is 6.10. The molecule has 0 amide bonds. The maximum atomic E-state index is 14.0. The Morgan fingerprint density at radius 2 is 1.81 bits per heavy atom. The summed E-state index contributed by atoms with van der Waals surface area (Å²) in [6.45, 7) is 1.65. The van der Waals surface area contributed by atoms with Crippen molar-refractivity contribution < 1.29 is 17.2 Å². The molecule has 1 saturated heterocycles. The summed E-state index contributed by atoms with van der Waals surface area (Å²) in [5.74, 6) is -0.623. The minimum Gasteiger partial charge on any atom is -0.383 e. The van der Waals surface area contributed by atoms with Crippen molar-refractivity contribution in [1.82, 2.24) is 19.2 Å². The number of benzene rings is 1. The average molecular weight is 480 g/mol. The Kier molecular flexibility index (Phi) is 5.60. The van der Waals surface area contributed by atoms with Crippen molar-refractivity contribution in [2.24, 2.45) is 0 Å². The predicted octanol–water partition coefficient (Wildman–Crippen LogP) is 2.94. The van der Waals surface area contributed by atoms with Crippen LogP contribution in [-0.2, 0) is 29.4 Å². The maximum absolute atomic E-state index is 14.0. The van der Waals surface area contributed by atoms with Crippen LogP contribution in [0.2, 0.25) is 0 Å². The van der Waals surface area contributed by atoms with E-state index in [1.807, 2.05) is 4.90 Å². The van der Waals surface area contributed by atoms with Crippen molar-refractivity contribution in [3.05, 3.63) is 46.1 Å². The summed E-state index contributed by atoms with van der Waals surface area (Å²) < 4.78 is 54.2. The monoisotopic (exact) mass is 479 g/mol. The zero-order valence-electron chi connectivity index (χ0n) is 17.4. The molecule has 1 aliphatic carbocycles. The number of piperazine rings is 1. The van der Waals surface area contributed by atoms with Crippen LogP contribution in [0.5, 0.6) is 0 Å². The van der Waals surface area contributed by atoms with E-state index in [0.29, 0.717) is 31.3 Å². The topological polar surface area (TPSA) is 92.4 Å². The summed E-state index contributed by atoms with van der Waals surface area (Å²) in [7, 11) is -4.11. The van der Waals surface area contributed by atoms with Gasteiger partial charge in [-0.3, -0.25) is 4.90 Å². The quantitative estimate of drug-likeness (QED) is 0.619. The normalized spacial score (nSPS) is 18.2. The van der Waals surface area contributed by atoms with Crippen LogP contribution in [0.15, 0.2) is 23.1 Å². The molecule has 11 heteroatoms. The van der Waals surface area contributed by atoms with Crippen molar-refractivity contribution in [3.63, 3.8) is 0 Å². The van der Waals surface area contributed by atoms with Crippen LogP contribution in [0, 0.1) is 11.6 Å². The fourth-order valence-corrected chi connectivity index (χ4v) is 7.23. The Bertz CT molecular complexity index is 1290. The number of rotatable bonds is 4. The second kappa shape index (κ2) is 8.29. The number of nitrogen functional groups attached to an aromatic ring is 1. The number of aryl methyl sites for hydroxylation is 2. The summed E-state index contributed by atoms with van der Waals surface area (Å²) in [5, 5.41) is 0.987. The zero-order valence-corrected chi connectivity index (χ0v) is 19.0. The van der Waals surface area contributed by atoms with Crippen molar-refractivity contribution in [1.29, 1.82) is 0 Å². The number of halogens is 2. The molecule has 0 unspecified atom stereocenters. The summed E-state index contributed by atoms with van der Waals surface area (Å²) in [4.78, 5) is 12.9.